The Morgan fingerprint density at radius 2 is 2.35 bits per heavy atom. The van der Waals surface area contributed by atoms with E-state index in [1.54, 1.807) is 17.8 Å². The predicted octanol–water partition coefficient (Wildman–Crippen LogP) is 1.92. The van der Waals surface area contributed by atoms with Crippen LogP contribution >= 0.6 is 0 Å². The van der Waals surface area contributed by atoms with Crippen molar-refractivity contribution in [1.29, 1.82) is 0 Å². The first-order valence-electron chi connectivity index (χ1n) is 6.14. The third-order valence-electron chi connectivity index (χ3n) is 2.79. The fourth-order valence-corrected chi connectivity index (χ4v) is 1.79. The first kappa shape index (κ1) is 14.0. The van der Waals surface area contributed by atoms with Crippen molar-refractivity contribution >= 4 is 5.69 Å². The Hall–Kier alpha value is -2.41. The Morgan fingerprint density at radius 3 is 2.95 bits per heavy atom. The maximum Gasteiger partial charge on any atom is 0.270 e. The molecule has 0 aliphatic heterocycles. The smallest absolute Gasteiger partial charge is 0.270 e. The molecule has 1 N–H and O–H groups in total. The Morgan fingerprint density at radius 1 is 1.55 bits per heavy atom. The standard InChI is InChI=1S/C13H15N3O4/c1-10(17)12-9-11(16(18)19)3-4-13(12)20-8-7-15-6-2-5-14-15/h2-6,9-10,17H,7-8H2,1H3/t10-/m1/s1. The molecule has 0 bridgehead atoms. The van der Waals surface area contributed by atoms with E-state index in [9.17, 15) is 15.2 Å². The van der Waals surface area contributed by atoms with Gasteiger partial charge in [0.05, 0.1) is 17.6 Å². The molecule has 0 radical (unpaired) electrons. The molecular weight excluding hydrogens is 262 g/mol. The maximum atomic E-state index is 10.7. The third-order valence-corrected chi connectivity index (χ3v) is 2.79. The number of nitro benzene ring substituents is 1. The van der Waals surface area contributed by atoms with E-state index in [2.05, 4.69) is 5.10 Å². The van der Waals surface area contributed by atoms with Crippen molar-refractivity contribution in [3.05, 3.63) is 52.3 Å². The number of hydrogen-bond donors (Lipinski definition) is 1. The van der Waals surface area contributed by atoms with E-state index in [1.807, 2.05) is 12.3 Å². The Labute approximate surface area is 115 Å². The number of hydrogen-bond acceptors (Lipinski definition) is 5. The van der Waals surface area contributed by atoms with Gasteiger partial charge in [-0.05, 0) is 19.1 Å². The van der Waals surface area contributed by atoms with Crippen LogP contribution in [0.2, 0.25) is 0 Å². The van der Waals surface area contributed by atoms with E-state index in [1.165, 1.54) is 18.2 Å². The van der Waals surface area contributed by atoms with Crippen molar-refractivity contribution in [2.75, 3.05) is 6.61 Å². The average Bonchev–Trinajstić information content (AvgIpc) is 2.91. The van der Waals surface area contributed by atoms with E-state index >= 15 is 0 Å². The molecule has 20 heavy (non-hydrogen) atoms. The molecule has 2 rings (SSSR count). The highest BCUT2D eigenvalue weighted by molar-refractivity contribution is 5.44. The van der Waals surface area contributed by atoms with Crippen LogP contribution in [-0.2, 0) is 6.54 Å². The summed E-state index contributed by atoms with van der Waals surface area (Å²) in [6.07, 6.45) is 2.65. The molecular formula is C13H15N3O4. The molecule has 7 heteroatoms. The van der Waals surface area contributed by atoms with Gasteiger partial charge in [-0.15, -0.1) is 0 Å². The topological polar surface area (TPSA) is 90.4 Å². The van der Waals surface area contributed by atoms with Gasteiger partial charge in [-0.1, -0.05) is 0 Å². The molecule has 0 amide bonds. The van der Waals surface area contributed by atoms with Crippen molar-refractivity contribution < 1.29 is 14.8 Å². The zero-order valence-corrected chi connectivity index (χ0v) is 11.0. The highest BCUT2D eigenvalue weighted by Gasteiger charge is 2.15. The summed E-state index contributed by atoms with van der Waals surface area (Å²) < 4.78 is 7.28. The van der Waals surface area contributed by atoms with Crippen LogP contribution in [0.25, 0.3) is 0 Å². The van der Waals surface area contributed by atoms with Gasteiger partial charge in [0.25, 0.3) is 5.69 Å². The Balaban J connectivity index is 2.08. The van der Waals surface area contributed by atoms with E-state index in [-0.39, 0.29) is 5.69 Å². The van der Waals surface area contributed by atoms with Crippen molar-refractivity contribution in [2.24, 2.45) is 0 Å². The molecule has 0 unspecified atom stereocenters. The van der Waals surface area contributed by atoms with Gasteiger partial charge in [0.15, 0.2) is 0 Å². The first-order valence-corrected chi connectivity index (χ1v) is 6.14. The summed E-state index contributed by atoms with van der Waals surface area (Å²) in [6.45, 7) is 2.46. The summed E-state index contributed by atoms with van der Waals surface area (Å²) >= 11 is 0. The predicted molar refractivity (Wildman–Crippen MR) is 71.5 cm³/mol. The number of aliphatic hydroxyl groups is 1. The molecule has 0 fully saturated rings. The summed E-state index contributed by atoms with van der Waals surface area (Å²) in [7, 11) is 0. The molecule has 0 aliphatic rings. The average molecular weight is 277 g/mol. The van der Waals surface area contributed by atoms with Gasteiger partial charge in [-0.3, -0.25) is 14.8 Å². The summed E-state index contributed by atoms with van der Waals surface area (Å²) in [5, 5.41) is 24.4. The largest absolute Gasteiger partial charge is 0.491 e. The number of aromatic nitrogens is 2. The fourth-order valence-electron chi connectivity index (χ4n) is 1.79. The van der Waals surface area contributed by atoms with Gasteiger partial charge >= 0.3 is 0 Å². The van der Waals surface area contributed by atoms with Crippen molar-refractivity contribution in [3.63, 3.8) is 0 Å². The minimum absolute atomic E-state index is 0.0691. The molecule has 0 saturated carbocycles. The van der Waals surface area contributed by atoms with E-state index in [4.69, 9.17) is 4.74 Å². The van der Waals surface area contributed by atoms with Crippen LogP contribution in [0.4, 0.5) is 5.69 Å². The number of aliphatic hydroxyl groups excluding tert-OH is 1. The zero-order chi connectivity index (χ0) is 14.5. The molecule has 1 heterocycles. The molecule has 7 nitrogen and oxygen atoms in total. The number of non-ortho nitro benzene ring substituents is 1. The highest BCUT2D eigenvalue weighted by Crippen LogP contribution is 2.29. The monoisotopic (exact) mass is 277 g/mol. The summed E-state index contributed by atoms with van der Waals surface area (Å²) in [4.78, 5) is 10.2. The molecule has 2 aromatic rings. The van der Waals surface area contributed by atoms with Gasteiger partial charge < -0.3 is 9.84 Å². The second kappa shape index (κ2) is 6.16. The van der Waals surface area contributed by atoms with Crippen LogP contribution in [-0.4, -0.2) is 26.4 Å². The van der Waals surface area contributed by atoms with E-state index < -0.39 is 11.0 Å². The minimum atomic E-state index is -0.838. The lowest BCUT2D eigenvalue weighted by Gasteiger charge is -2.13. The van der Waals surface area contributed by atoms with Crippen molar-refractivity contribution in [3.8, 4) is 5.75 Å². The van der Waals surface area contributed by atoms with Gasteiger partial charge in [0.1, 0.15) is 12.4 Å². The van der Waals surface area contributed by atoms with Crippen molar-refractivity contribution in [1.82, 2.24) is 9.78 Å². The fraction of sp³-hybridized carbons (Fsp3) is 0.308. The number of nitrogens with zero attached hydrogens (tertiary/aromatic N) is 3. The lowest BCUT2D eigenvalue weighted by Crippen LogP contribution is -2.10. The van der Waals surface area contributed by atoms with Crippen molar-refractivity contribution in [2.45, 2.75) is 19.6 Å². The van der Waals surface area contributed by atoms with Crippen LogP contribution in [0, 0.1) is 10.1 Å². The maximum absolute atomic E-state index is 10.7. The number of nitro groups is 1. The molecule has 1 aromatic heterocycles. The summed E-state index contributed by atoms with van der Waals surface area (Å²) in [6, 6.07) is 6.00. The first-order chi connectivity index (χ1) is 9.58. The number of benzene rings is 1. The Bertz CT molecular complexity index is 581. The van der Waals surface area contributed by atoms with Gasteiger partial charge in [0, 0.05) is 30.1 Å². The van der Waals surface area contributed by atoms with Gasteiger partial charge in [0.2, 0.25) is 0 Å². The second-order valence-corrected chi connectivity index (χ2v) is 4.27. The summed E-state index contributed by atoms with van der Waals surface area (Å²) in [5.41, 5.74) is 0.333. The third kappa shape index (κ3) is 3.33. The molecule has 0 aliphatic carbocycles. The minimum Gasteiger partial charge on any atom is -0.491 e. The molecule has 1 aromatic carbocycles. The van der Waals surface area contributed by atoms with Crippen LogP contribution in [0.3, 0.4) is 0 Å². The normalized spacial score (nSPS) is 12.1. The van der Waals surface area contributed by atoms with E-state index in [0.29, 0.717) is 24.5 Å². The lowest BCUT2D eigenvalue weighted by molar-refractivity contribution is -0.385. The molecule has 106 valence electrons. The van der Waals surface area contributed by atoms with Crippen LogP contribution < -0.4 is 4.74 Å². The second-order valence-electron chi connectivity index (χ2n) is 4.27. The van der Waals surface area contributed by atoms with Gasteiger partial charge in [-0.25, -0.2) is 0 Å². The number of rotatable bonds is 6. The summed E-state index contributed by atoms with van der Waals surface area (Å²) in [5.74, 6) is 0.442. The SMILES string of the molecule is C[C@@H](O)c1cc([N+](=O)[O-])ccc1OCCn1cccn1. The lowest BCUT2D eigenvalue weighted by atomic mass is 10.1. The van der Waals surface area contributed by atoms with Crippen LogP contribution in [0.1, 0.15) is 18.6 Å². The van der Waals surface area contributed by atoms with Gasteiger partial charge in [-0.2, -0.15) is 5.10 Å². The van der Waals surface area contributed by atoms with Crippen LogP contribution in [0.5, 0.6) is 5.75 Å². The molecule has 0 saturated heterocycles. The molecule has 1 atom stereocenters. The van der Waals surface area contributed by atoms with E-state index in [0.717, 1.165) is 0 Å². The zero-order valence-electron chi connectivity index (χ0n) is 11.0. The number of ether oxygens (including phenoxy) is 1. The molecule has 0 spiro atoms. The quantitative estimate of drug-likeness (QED) is 0.643. The highest BCUT2D eigenvalue weighted by atomic mass is 16.6. The Kier molecular flexibility index (Phi) is 4.31. The van der Waals surface area contributed by atoms with Crippen LogP contribution in [0.15, 0.2) is 36.7 Å².